The van der Waals surface area contributed by atoms with Crippen LogP contribution >= 0.6 is 0 Å². The fraction of sp³-hybridized carbons (Fsp3) is 0.462. The number of carbonyl (C=O) groups is 1. The summed E-state index contributed by atoms with van der Waals surface area (Å²) in [6.07, 6.45) is 1.38. The van der Waals surface area contributed by atoms with E-state index in [2.05, 4.69) is 10.6 Å². The third-order valence-electron chi connectivity index (χ3n) is 2.35. The van der Waals surface area contributed by atoms with Crippen LogP contribution in [0.4, 0.5) is 5.69 Å². The van der Waals surface area contributed by atoms with E-state index in [0.29, 0.717) is 13.0 Å². The van der Waals surface area contributed by atoms with E-state index in [-0.39, 0.29) is 5.91 Å². The molecule has 0 saturated heterocycles. The van der Waals surface area contributed by atoms with Crippen molar-refractivity contribution in [2.24, 2.45) is 0 Å². The number of amides is 1. The van der Waals surface area contributed by atoms with Crippen LogP contribution in [0.1, 0.15) is 18.4 Å². The first kappa shape index (κ1) is 13.7. The molecule has 0 unspecified atom stereocenters. The largest absolute Gasteiger partial charge is 0.380 e. The standard InChI is InChI=1S/C13H20N2O2/c1-14-8-4-7-13(16)15-12-6-3-5-11(9-12)10-17-2/h3,5-6,9,14H,4,7-8,10H2,1-2H3,(H,15,16). The van der Waals surface area contributed by atoms with Gasteiger partial charge in [0.15, 0.2) is 0 Å². The maximum Gasteiger partial charge on any atom is 0.224 e. The van der Waals surface area contributed by atoms with Crippen LogP contribution in [-0.4, -0.2) is 26.6 Å². The first-order valence-corrected chi connectivity index (χ1v) is 5.78. The fourth-order valence-electron chi connectivity index (χ4n) is 1.55. The number of ether oxygens (including phenoxy) is 1. The van der Waals surface area contributed by atoms with Crippen LogP contribution in [0.2, 0.25) is 0 Å². The quantitative estimate of drug-likeness (QED) is 0.709. The Kier molecular flexibility index (Phi) is 6.29. The lowest BCUT2D eigenvalue weighted by molar-refractivity contribution is -0.116. The molecule has 1 rings (SSSR count). The van der Waals surface area contributed by atoms with Crippen molar-refractivity contribution in [3.8, 4) is 0 Å². The maximum absolute atomic E-state index is 11.6. The minimum atomic E-state index is 0.0508. The van der Waals surface area contributed by atoms with Gasteiger partial charge in [-0.3, -0.25) is 4.79 Å². The Labute approximate surface area is 102 Å². The van der Waals surface area contributed by atoms with Crippen molar-refractivity contribution in [3.63, 3.8) is 0 Å². The predicted molar refractivity (Wildman–Crippen MR) is 68.9 cm³/mol. The molecule has 4 nitrogen and oxygen atoms in total. The van der Waals surface area contributed by atoms with E-state index in [1.54, 1.807) is 7.11 Å². The van der Waals surface area contributed by atoms with E-state index in [1.165, 1.54) is 0 Å². The van der Waals surface area contributed by atoms with Crippen molar-refractivity contribution in [1.29, 1.82) is 0 Å². The minimum absolute atomic E-state index is 0.0508. The smallest absolute Gasteiger partial charge is 0.224 e. The predicted octanol–water partition coefficient (Wildman–Crippen LogP) is 1.77. The SMILES string of the molecule is CNCCCC(=O)Nc1cccc(COC)c1. The molecule has 1 aromatic carbocycles. The van der Waals surface area contributed by atoms with Crippen LogP contribution in [0.25, 0.3) is 0 Å². The van der Waals surface area contributed by atoms with Crippen LogP contribution in [0.5, 0.6) is 0 Å². The highest BCUT2D eigenvalue weighted by molar-refractivity contribution is 5.90. The number of nitrogens with one attached hydrogen (secondary N) is 2. The third-order valence-corrected chi connectivity index (χ3v) is 2.35. The fourth-order valence-corrected chi connectivity index (χ4v) is 1.55. The topological polar surface area (TPSA) is 50.4 Å². The Morgan fingerprint density at radius 3 is 2.94 bits per heavy atom. The van der Waals surface area contributed by atoms with Gasteiger partial charge in [0.2, 0.25) is 5.91 Å². The summed E-state index contributed by atoms with van der Waals surface area (Å²) in [6, 6.07) is 7.70. The number of hydrogen-bond acceptors (Lipinski definition) is 3. The molecule has 94 valence electrons. The summed E-state index contributed by atoms with van der Waals surface area (Å²) in [5.41, 5.74) is 1.88. The zero-order valence-electron chi connectivity index (χ0n) is 10.5. The summed E-state index contributed by atoms with van der Waals surface area (Å²) in [5, 5.41) is 5.89. The molecule has 0 spiro atoms. The van der Waals surface area contributed by atoms with Crippen molar-refractivity contribution in [3.05, 3.63) is 29.8 Å². The van der Waals surface area contributed by atoms with Crippen molar-refractivity contribution in [2.75, 3.05) is 26.0 Å². The van der Waals surface area contributed by atoms with Crippen molar-refractivity contribution in [2.45, 2.75) is 19.4 Å². The van der Waals surface area contributed by atoms with Gasteiger partial charge in [-0.1, -0.05) is 12.1 Å². The zero-order chi connectivity index (χ0) is 12.5. The monoisotopic (exact) mass is 236 g/mol. The summed E-state index contributed by atoms with van der Waals surface area (Å²) in [7, 11) is 3.54. The highest BCUT2D eigenvalue weighted by Gasteiger charge is 2.02. The molecular formula is C13H20N2O2. The first-order chi connectivity index (χ1) is 8.26. The second kappa shape index (κ2) is 7.81. The van der Waals surface area contributed by atoms with Gasteiger partial charge in [0.25, 0.3) is 0 Å². The van der Waals surface area contributed by atoms with Crippen molar-refractivity contribution < 1.29 is 9.53 Å². The highest BCUT2D eigenvalue weighted by Crippen LogP contribution is 2.11. The average Bonchev–Trinajstić information content (AvgIpc) is 2.30. The van der Waals surface area contributed by atoms with Gasteiger partial charge in [-0.25, -0.2) is 0 Å². The number of benzene rings is 1. The van der Waals surface area contributed by atoms with Gasteiger partial charge in [-0.05, 0) is 37.7 Å². The molecule has 1 amide bonds. The first-order valence-electron chi connectivity index (χ1n) is 5.78. The van der Waals surface area contributed by atoms with Gasteiger partial charge in [0.05, 0.1) is 6.61 Å². The number of hydrogen-bond donors (Lipinski definition) is 2. The Balaban J connectivity index is 2.44. The molecule has 4 heteroatoms. The Bertz CT molecular complexity index is 353. The third kappa shape index (κ3) is 5.47. The molecular weight excluding hydrogens is 216 g/mol. The van der Waals surface area contributed by atoms with Gasteiger partial charge in [-0.2, -0.15) is 0 Å². The van der Waals surface area contributed by atoms with Gasteiger partial charge in [0, 0.05) is 19.2 Å². The van der Waals surface area contributed by atoms with E-state index in [4.69, 9.17) is 4.74 Å². The Morgan fingerprint density at radius 1 is 1.41 bits per heavy atom. The molecule has 0 aromatic heterocycles. The van der Waals surface area contributed by atoms with Crippen molar-refractivity contribution in [1.82, 2.24) is 5.32 Å². The molecule has 0 aliphatic carbocycles. The molecule has 0 heterocycles. The number of rotatable bonds is 7. The molecule has 0 radical (unpaired) electrons. The minimum Gasteiger partial charge on any atom is -0.380 e. The molecule has 0 saturated carbocycles. The summed E-state index contributed by atoms with van der Waals surface area (Å²) >= 11 is 0. The molecule has 0 aliphatic rings. The van der Waals surface area contributed by atoms with Crippen LogP contribution in [0.3, 0.4) is 0 Å². The van der Waals surface area contributed by atoms with Gasteiger partial charge in [0.1, 0.15) is 0 Å². The van der Waals surface area contributed by atoms with E-state index < -0.39 is 0 Å². The number of anilines is 1. The molecule has 0 atom stereocenters. The molecule has 1 aromatic rings. The van der Waals surface area contributed by atoms with Gasteiger partial charge < -0.3 is 15.4 Å². The average molecular weight is 236 g/mol. The van der Waals surface area contributed by atoms with Gasteiger partial charge >= 0.3 is 0 Å². The lowest BCUT2D eigenvalue weighted by Gasteiger charge is -2.07. The lowest BCUT2D eigenvalue weighted by atomic mass is 10.2. The Hall–Kier alpha value is -1.39. The van der Waals surface area contributed by atoms with Crippen molar-refractivity contribution >= 4 is 11.6 Å². The lowest BCUT2D eigenvalue weighted by Crippen LogP contribution is -2.15. The van der Waals surface area contributed by atoms with E-state index in [1.807, 2.05) is 31.3 Å². The van der Waals surface area contributed by atoms with Crippen LogP contribution in [-0.2, 0) is 16.1 Å². The summed E-state index contributed by atoms with van der Waals surface area (Å²) < 4.78 is 5.05. The zero-order valence-corrected chi connectivity index (χ0v) is 10.5. The Morgan fingerprint density at radius 2 is 2.24 bits per heavy atom. The molecule has 0 aliphatic heterocycles. The van der Waals surface area contributed by atoms with E-state index in [9.17, 15) is 4.79 Å². The number of methoxy groups -OCH3 is 1. The molecule has 0 bridgehead atoms. The summed E-state index contributed by atoms with van der Waals surface area (Å²) in [5.74, 6) is 0.0508. The second-order valence-electron chi connectivity index (χ2n) is 3.89. The van der Waals surface area contributed by atoms with Gasteiger partial charge in [-0.15, -0.1) is 0 Å². The van der Waals surface area contributed by atoms with Crippen LogP contribution < -0.4 is 10.6 Å². The van der Waals surface area contributed by atoms with Crippen LogP contribution in [0.15, 0.2) is 24.3 Å². The molecule has 2 N–H and O–H groups in total. The van der Waals surface area contributed by atoms with E-state index in [0.717, 1.165) is 24.2 Å². The molecule has 0 fully saturated rings. The summed E-state index contributed by atoms with van der Waals surface area (Å²) in [6.45, 7) is 1.42. The normalized spacial score (nSPS) is 10.2. The maximum atomic E-state index is 11.6. The van der Waals surface area contributed by atoms with Crippen LogP contribution in [0, 0.1) is 0 Å². The van der Waals surface area contributed by atoms with E-state index >= 15 is 0 Å². The second-order valence-corrected chi connectivity index (χ2v) is 3.89. The molecule has 17 heavy (non-hydrogen) atoms. The highest BCUT2D eigenvalue weighted by atomic mass is 16.5. The number of carbonyl (C=O) groups excluding carboxylic acids is 1. The summed E-state index contributed by atoms with van der Waals surface area (Å²) in [4.78, 5) is 11.6.